The van der Waals surface area contributed by atoms with Gasteiger partial charge in [-0.3, -0.25) is 4.90 Å². The third-order valence-electron chi connectivity index (χ3n) is 4.36. The number of benzene rings is 2. The molecule has 0 radical (unpaired) electrons. The van der Waals surface area contributed by atoms with Crippen LogP contribution in [0, 0.1) is 0 Å². The van der Waals surface area contributed by atoms with Crippen LogP contribution in [0.4, 0.5) is 0 Å². The SMILES string of the molecule is BrCCN1CCCN(Cc2cccc3ccccc23)CC1. The van der Waals surface area contributed by atoms with Crippen molar-refractivity contribution in [1.82, 2.24) is 9.80 Å². The van der Waals surface area contributed by atoms with Crippen LogP contribution in [0.3, 0.4) is 0 Å². The molecule has 0 N–H and O–H groups in total. The molecule has 2 aromatic rings. The van der Waals surface area contributed by atoms with Crippen LogP contribution < -0.4 is 0 Å². The number of halogens is 1. The summed E-state index contributed by atoms with van der Waals surface area (Å²) < 4.78 is 0. The lowest BCUT2D eigenvalue weighted by atomic mass is 10.0. The molecule has 112 valence electrons. The van der Waals surface area contributed by atoms with Gasteiger partial charge in [0.15, 0.2) is 0 Å². The number of hydrogen-bond donors (Lipinski definition) is 0. The first-order chi connectivity index (χ1) is 10.4. The van der Waals surface area contributed by atoms with Crippen molar-refractivity contribution < 1.29 is 0 Å². The Morgan fingerprint density at radius 1 is 0.857 bits per heavy atom. The number of nitrogens with zero attached hydrogens (tertiary/aromatic N) is 2. The van der Waals surface area contributed by atoms with Crippen LogP contribution >= 0.6 is 15.9 Å². The summed E-state index contributed by atoms with van der Waals surface area (Å²) in [6.07, 6.45) is 1.28. The van der Waals surface area contributed by atoms with Crippen LogP contribution in [0.15, 0.2) is 42.5 Å². The highest BCUT2D eigenvalue weighted by Gasteiger charge is 2.15. The summed E-state index contributed by atoms with van der Waals surface area (Å²) in [6, 6.07) is 15.4. The predicted octanol–water partition coefficient (Wildman–Crippen LogP) is 3.74. The molecular formula is C18H23BrN2. The molecule has 21 heavy (non-hydrogen) atoms. The van der Waals surface area contributed by atoms with Gasteiger partial charge in [-0.15, -0.1) is 0 Å². The Kier molecular flexibility index (Phi) is 5.28. The van der Waals surface area contributed by atoms with E-state index in [-0.39, 0.29) is 0 Å². The summed E-state index contributed by atoms with van der Waals surface area (Å²) >= 11 is 3.55. The van der Waals surface area contributed by atoms with E-state index in [0.29, 0.717) is 0 Å². The van der Waals surface area contributed by atoms with Gasteiger partial charge in [0.05, 0.1) is 0 Å². The Hall–Kier alpha value is -0.900. The van der Waals surface area contributed by atoms with E-state index in [1.165, 1.54) is 55.5 Å². The molecule has 1 saturated heterocycles. The maximum atomic E-state index is 3.55. The standard InChI is InChI=1S/C18H23BrN2/c19-9-12-20-10-4-11-21(14-13-20)15-17-7-3-6-16-5-1-2-8-18(16)17/h1-3,5-8H,4,9-15H2. The zero-order chi connectivity index (χ0) is 14.5. The topological polar surface area (TPSA) is 6.48 Å². The summed E-state index contributed by atoms with van der Waals surface area (Å²) in [7, 11) is 0. The molecule has 2 nitrogen and oxygen atoms in total. The highest BCUT2D eigenvalue weighted by Crippen LogP contribution is 2.20. The molecule has 0 atom stereocenters. The molecule has 0 amide bonds. The summed E-state index contributed by atoms with van der Waals surface area (Å²) in [5.74, 6) is 0. The molecule has 0 spiro atoms. The van der Waals surface area contributed by atoms with E-state index in [4.69, 9.17) is 0 Å². The van der Waals surface area contributed by atoms with E-state index < -0.39 is 0 Å². The first kappa shape index (κ1) is 15.0. The lowest BCUT2D eigenvalue weighted by Crippen LogP contribution is -2.31. The van der Waals surface area contributed by atoms with Gasteiger partial charge in [0.25, 0.3) is 0 Å². The second-order valence-corrected chi connectivity index (χ2v) is 6.59. The fourth-order valence-corrected chi connectivity index (χ4v) is 3.70. The molecule has 0 aliphatic carbocycles. The fourth-order valence-electron chi connectivity index (χ4n) is 3.20. The Balaban J connectivity index is 1.70. The molecular weight excluding hydrogens is 324 g/mol. The number of fused-ring (bicyclic) bond motifs is 1. The molecule has 0 saturated carbocycles. The minimum atomic E-state index is 1.07. The number of alkyl halides is 1. The van der Waals surface area contributed by atoms with Gasteiger partial charge in [0, 0.05) is 31.5 Å². The lowest BCUT2D eigenvalue weighted by molar-refractivity contribution is 0.259. The predicted molar refractivity (Wildman–Crippen MR) is 94.1 cm³/mol. The van der Waals surface area contributed by atoms with Gasteiger partial charge in [0.2, 0.25) is 0 Å². The largest absolute Gasteiger partial charge is 0.301 e. The van der Waals surface area contributed by atoms with Gasteiger partial charge in [-0.05, 0) is 35.8 Å². The van der Waals surface area contributed by atoms with Gasteiger partial charge >= 0.3 is 0 Å². The minimum Gasteiger partial charge on any atom is -0.301 e. The molecule has 3 heteroatoms. The van der Waals surface area contributed by atoms with Gasteiger partial charge in [-0.25, -0.2) is 0 Å². The zero-order valence-electron chi connectivity index (χ0n) is 12.5. The Morgan fingerprint density at radius 3 is 2.52 bits per heavy atom. The highest BCUT2D eigenvalue weighted by molar-refractivity contribution is 9.09. The highest BCUT2D eigenvalue weighted by atomic mass is 79.9. The van der Waals surface area contributed by atoms with Crippen molar-refractivity contribution >= 4 is 26.7 Å². The van der Waals surface area contributed by atoms with E-state index in [9.17, 15) is 0 Å². The molecule has 1 aliphatic heterocycles. The van der Waals surface area contributed by atoms with Crippen molar-refractivity contribution in [3.63, 3.8) is 0 Å². The summed E-state index contributed by atoms with van der Waals surface area (Å²) in [6.45, 7) is 7.05. The monoisotopic (exact) mass is 346 g/mol. The van der Waals surface area contributed by atoms with Gasteiger partial charge in [-0.2, -0.15) is 0 Å². The van der Waals surface area contributed by atoms with E-state index in [0.717, 1.165) is 11.9 Å². The lowest BCUT2D eigenvalue weighted by Gasteiger charge is -2.22. The molecule has 1 heterocycles. The van der Waals surface area contributed by atoms with Crippen molar-refractivity contribution in [1.29, 1.82) is 0 Å². The third kappa shape index (κ3) is 3.85. The normalized spacial score (nSPS) is 18.0. The average Bonchev–Trinajstić information content (AvgIpc) is 2.74. The summed E-state index contributed by atoms with van der Waals surface area (Å²) in [5, 5.41) is 3.84. The van der Waals surface area contributed by atoms with Crippen molar-refractivity contribution in [2.75, 3.05) is 38.1 Å². The van der Waals surface area contributed by atoms with Crippen LogP contribution in [0.2, 0.25) is 0 Å². The van der Waals surface area contributed by atoms with Crippen LogP contribution in [-0.2, 0) is 6.54 Å². The molecule has 1 fully saturated rings. The van der Waals surface area contributed by atoms with Crippen molar-refractivity contribution in [2.45, 2.75) is 13.0 Å². The third-order valence-corrected chi connectivity index (χ3v) is 4.71. The van der Waals surface area contributed by atoms with Crippen molar-refractivity contribution in [3.05, 3.63) is 48.0 Å². The fraction of sp³-hybridized carbons (Fsp3) is 0.444. The molecule has 1 aliphatic rings. The first-order valence-corrected chi connectivity index (χ1v) is 8.96. The molecule has 0 bridgehead atoms. The zero-order valence-corrected chi connectivity index (χ0v) is 14.1. The number of rotatable bonds is 4. The average molecular weight is 347 g/mol. The molecule has 0 unspecified atom stereocenters. The van der Waals surface area contributed by atoms with E-state index >= 15 is 0 Å². The quantitative estimate of drug-likeness (QED) is 0.778. The maximum Gasteiger partial charge on any atom is 0.0240 e. The van der Waals surface area contributed by atoms with Crippen molar-refractivity contribution in [2.24, 2.45) is 0 Å². The molecule has 0 aromatic heterocycles. The van der Waals surface area contributed by atoms with Gasteiger partial charge in [0.1, 0.15) is 0 Å². The van der Waals surface area contributed by atoms with Gasteiger partial charge < -0.3 is 4.90 Å². The maximum absolute atomic E-state index is 3.55. The second kappa shape index (κ2) is 7.39. The molecule has 3 rings (SSSR count). The summed E-state index contributed by atoms with van der Waals surface area (Å²) in [4.78, 5) is 5.17. The second-order valence-electron chi connectivity index (χ2n) is 5.80. The van der Waals surface area contributed by atoms with E-state index in [1.807, 2.05) is 0 Å². The van der Waals surface area contributed by atoms with Crippen LogP contribution in [0.5, 0.6) is 0 Å². The Bertz CT molecular complexity index is 579. The van der Waals surface area contributed by atoms with Crippen molar-refractivity contribution in [3.8, 4) is 0 Å². The van der Waals surface area contributed by atoms with Crippen LogP contribution in [-0.4, -0.2) is 47.9 Å². The first-order valence-electron chi connectivity index (χ1n) is 7.84. The van der Waals surface area contributed by atoms with E-state index in [2.05, 4.69) is 68.2 Å². The van der Waals surface area contributed by atoms with Gasteiger partial charge in [-0.1, -0.05) is 58.4 Å². The minimum absolute atomic E-state index is 1.07. The Labute approximate surface area is 135 Å². The van der Waals surface area contributed by atoms with Crippen LogP contribution in [0.25, 0.3) is 10.8 Å². The Morgan fingerprint density at radius 2 is 1.62 bits per heavy atom. The smallest absolute Gasteiger partial charge is 0.0240 e. The molecule has 2 aromatic carbocycles. The van der Waals surface area contributed by atoms with E-state index in [1.54, 1.807) is 0 Å². The van der Waals surface area contributed by atoms with Crippen LogP contribution in [0.1, 0.15) is 12.0 Å². The summed E-state index contributed by atoms with van der Waals surface area (Å²) in [5.41, 5.74) is 1.46. The number of hydrogen-bond acceptors (Lipinski definition) is 2.